The molecule has 0 radical (unpaired) electrons. The predicted octanol–water partition coefficient (Wildman–Crippen LogP) is 1.55. The van der Waals surface area contributed by atoms with Gasteiger partial charge in [0.15, 0.2) is 0 Å². The van der Waals surface area contributed by atoms with Crippen molar-refractivity contribution in [2.75, 3.05) is 11.1 Å². The minimum Gasteiger partial charge on any atom is -0.397 e. The number of aryl methyl sites for hydroxylation is 1. The second-order valence-electron chi connectivity index (χ2n) is 3.47. The normalized spacial score (nSPS) is 10.1. The SMILES string of the molecule is Cc1cccc(NC(=O)c2cc(N)c[nH]2)n1. The Balaban J connectivity index is 2.13. The third-order valence-electron chi connectivity index (χ3n) is 2.08. The predicted molar refractivity (Wildman–Crippen MR) is 62.1 cm³/mol. The van der Waals surface area contributed by atoms with E-state index in [0.29, 0.717) is 17.2 Å². The molecule has 0 bridgehead atoms. The second kappa shape index (κ2) is 4.06. The Hall–Kier alpha value is -2.30. The number of rotatable bonds is 2. The average Bonchev–Trinajstić information content (AvgIpc) is 2.65. The highest BCUT2D eigenvalue weighted by Crippen LogP contribution is 2.08. The van der Waals surface area contributed by atoms with Gasteiger partial charge in [-0.25, -0.2) is 4.98 Å². The van der Waals surface area contributed by atoms with Crippen LogP contribution in [0.15, 0.2) is 30.5 Å². The van der Waals surface area contributed by atoms with Gasteiger partial charge in [0.2, 0.25) is 0 Å². The maximum atomic E-state index is 11.7. The van der Waals surface area contributed by atoms with Gasteiger partial charge < -0.3 is 16.0 Å². The molecule has 0 fully saturated rings. The molecule has 5 nitrogen and oxygen atoms in total. The lowest BCUT2D eigenvalue weighted by molar-refractivity contribution is 0.102. The molecule has 0 aliphatic rings. The van der Waals surface area contributed by atoms with Crippen LogP contribution in [-0.2, 0) is 0 Å². The van der Waals surface area contributed by atoms with E-state index in [9.17, 15) is 4.79 Å². The van der Waals surface area contributed by atoms with E-state index in [1.165, 1.54) is 0 Å². The fourth-order valence-corrected chi connectivity index (χ4v) is 1.34. The van der Waals surface area contributed by atoms with Gasteiger partial charge in [-0.15, -0.1) is 0 Å². The number of carbonyl (C=O) groups excluding carboxylic acids is 1. The zero-order chi connectivity index (χ0) is 11.5. The van der Waals surface area contributed by atoms with Gasteiger partial charge in [0.1, 0.15) is 11.5 Å². The Kier molecular flexibility index (Phi) is 2.59. The summed E-state index contributed by atoms with van der Waals surface area (Å²) < 4.78 is 0. The molecular formula is C11H12N4O. The monoisotopic (exact) mass is 216 g/mol. The van der Waals surface area contributed by atoms with E-state index in [0.717, 1.165) is 5.69 Å². The molecule has 2 aromatic rings. The van der Waals surface area contributed by atoms with Gasteiger partial charge >= 0.3 is 0 Å². The molecule has 0 aliphatic carbocycles. The summed E-state index contributed by atoms with van der Waals surface area (Å²) in [6.07, 6.45) is 1.57. The van der Waals surface area contributed by atoms with Crippen molar-refractivity contribution in [2.45, 2.75) is 6.92 Å². The van der Waals surface area contributed by atoms with E-state index >= 15 is 0 Å². The van der Waals surface area contributed by atoms with Crippen LogP contribution in [0, 0.1) is 6.92 Å². The van der Waals surface area contributed by atoms with Crippen molar-refractivity contribution in [1.82, 2.24) is 9.97 Å². The van der Waals surface area contributed by atoms with E-state index in [-0.39, 0.29) is 5.91 Å². The van der Waals surface area contributed by atoms with Gasteiger partial charge in [-0.1, -0.05) is 6.07 Å². The highest BCUT2D eigenvalue weighted by atomic mass is 16.1. The standard InChI is InChI=1S/C11H12N4O/c1-7-3-2-4-10(14-7)15-11(16)9-5-8(12)6-13-9/h2-6,13H,12H2,1H3,(H,14,15,16). The smallest absolute Gasteiger partial charge is 0.273 e. The zero-order valence-corrected chi connectivity index (χ0v) is 8.82. The summed E-state index contributed by atoms with van der Waals surface area (Å²) in [4.78, 5) is 18.6. The molecule has 0 aliphatic heterocycles. The average molecular weight is 216 g/mol. The van der Waals surface area contributed by atoms with E-state index in [4.69, 9.17) is 5.73 Å². The van der Waals surface area contributed by atoms with Crippen molar-refractivity contribution < 1.29 is 4.79 Å². The number of hydrogen-bond donors (Lipinski definition) is 3. The van der Waals surface area contributed by atoms with Gasteiger partial charge in [-0.3, -0.25) is 4.79 Å². The van der Waals surface area contributed by atoms with Gasteiger partial charge in [-0.05, 0) is 25.1 Å². The fraction of sp³-hybridized carbons (Fsp3) is 0.0909. The third kappa shape index (κ3) is 2.20. The van der Waals surface area contributed by atoms with Crippen LogP contribution in [0.5, 0.6) is 0 Å². The zero-order valence-electron chi connectivity index (χ0n) is 8.82. The summed E-state index contributed by atoms with van der Waals surface area (Å²) in [7, 11) is 0. The quantitative estimate of drug-likeness (QED) is 0.712. The van der Waals surface area contributed by atoms with Gasteiger partial charge in [0, 0.05) is 17.6 Å². The Morgan fingerprint density at radius 3 is 2.94 bits per heavy atom. The number of anilines is 2. The van der Waals surface area contributed by atoms with Crippen LogP contribution in [0.2, 0.25) is 0 Å². The number of amides is 1. The Bertz CT molecular complexity index is 518. The number of aromatic nitrogens is 2. The van der Waals surface area contributed by atoms with Gasteiger partial charge in [0.05, 0.1) is 0 Å². The largest absolute Gasteiger partial charge is 0.397 e. The van der Waals surface area contributed by atoms with Crippen LogP contribution in [0.25, 0.3) is 0 Å². The van der Waals surface area contributed by atoms with E-state index < -0.39 is 0 Å². The highest BCUT2D eigenvalue weighted by molar-refractivity contribution is 6.02. The summed E-state index contributed by atoms with van der Waals surface area (Å²) in [5, 5.41) is 2.68. The first kappa shape index (κ1) is 10.2. The van der Waals surface area contributed by atoms with Crippen molar-refractivity contribution in [3.63, 3.8) is 0 Å². The van der Waals surface area contributed by atoms with Crippen LogP contribution >= 0.6 is 0 Å². The Morgan fingerprint density at radius 2 is 2.31 bits per heavy atom. The maximum absolute atomic E-state index is 11.7. The minimum absolute atomic E-state index is 0.255. The molecule has 16 heavy (non-hydrogen) atoms. The molecule has 0 spiro atoms. The summed E-state index contributed by atoms with van der Waals surface area (Å²) >= 11 is 0. The van der Waals surface area contributed by atoms with Crippen LogP contribution in [0.1, 0.15) is 16.2 Å². The molecule has 0 aromatic carbocycles. The second-order valence-corrected chi connectivity index (χ2v) is 3.47. The molecule has 0 saturated carbocycles. The third-order valence-corrected chi connectivity index (χ3v) is 2.08. The number of nitrogens with two attached hydrogens (primary N) is 1. The molecule has 2 aromatic heterocycles. The molecule has 5 heteroatoms. The molecule has 0 saturated heterocycles. The van der Waals surface area contributed by atoms with Crippen molar-refractivity contribution in [2.24, 2.45) is 0 Å². The number of nitrogens with zero attached hydrogens (tertiary/aromatic N) is 1. The first-order valence-electron chi connectivity index (χ1n) is 4.84. The van der Waals surface area contributed by atoms with Crippen molar-refractivity contribution >= 4 is 17.4 Å². The van der Waals surface area contributed by atoms with Gasteiger partial charge in [0.25, 0.3) is 5.91 Å². The van der Waals surface area contributed by atoms with Crippen LogP contribution < -0.4 is 11.1 Å². The lowest BCUT2D eigenvalue weighted by Crippen LogP contribution is -2.13. The lowest BCUT2D eigenvalue weighted by Gasteiger charge is -2.02. The number of nitrogens with one attached hydrogen (secondary N) is 2. The Labute approximate surface area is 92.7 Å². The van der Waals surface area contributed by atoms with Crippen LogP contribution in [-0.4, -0.2) is 15.9 Å². The van der Waals surface area contributed by atoms with Crippen LogP contribution in [0.4, 0.5) is 11.5 Å². The number of nitrogen functional groups attached to an aromatic ring is 1. The highest BCUT2D eigenvalue weighted by Gasteiger charge is 2.08. The molecule has 0 atom stereocenters. The van der Waals surface area contributed by atoms with Crippen LogP contribution in [0.3, 0.4) is 0 Å². The summed E-state index contributed by atoms with van der Waals surface area (Å²) in [5.41, 5.74) is 7.31. The molecule has 82 valence electrons. The lowest BCUT2D eigenvalue weighted by atomic mass is 10.3. The van der Waals surface area contributed by atoms with Gasteiger partial charge in [-0.2, -0.15) is 0 Å². The topological polar surface area (TPSA) is 83.8 Å². The van der Waals surface area contributed by atoms with Crippen molar-refractivity contribution in [3.05, 3.63) is 41.9 Å². The first-order chi connectivity index (χ1) is 7.65. The van der Waals surface area contributed by atoms with E-state index in [2.05, 4.69) is 15.3 Å². The number of pyridine rings is 1. The minimum atomic E-state index is -0.255. The molecule has 4 N–H and O–H groups in total. The summed E-state index contributed by atoms with van der Waals surface area (Å²) in [6, 6.07) is 7.01. The van der Waals surface area contributed by atoms with Crippen molar-refractivity contribution in [1.29, 1.82) is 0 Å². The summed E-state index contributed by atoms with van der Waals surface area (Å²) in [5.74, 6) is 0.271. The Morgan fingerprint density at radius 1 is 1.50 bits per heavy atom. The number of hydrogen-bond acceptors (Lipinski definition) is 3. The molecule has 2 rings (SSSR count). The van der Waals surface area contributed by atoms with Crippen molar-refractivity contribution in [3.8, 4) is 0 Å². The first-order valence-corrected chi connectivity index (χ1v) is 4.84. The number of carbonyl (C=O) groups is 1. The fourth-order valence-electron chi connectivity index (χ4n) is 1.34. The molecule has 2 heterocycles. The molecular weight excluding hydrogens is 204 g/mol. The number of H-pyrrole nitrogens is 1. The molecule has 0 unspecified atom stereocenters. The summed E-state index contributed by atoms with van der Waals surface area (Å²) in [6.45, 7) is 1.86. The maximum Gasteiger partial charge on any atom is 0.273 e. The van der Waals surface area contributed by atoms with E-state index in [1.807, 2.05) is 19.1 Å². The number of aromatic amines is 1. The van der Waals surface area contributed by atoms with E-state index in [1.54, 1.807) is 18.3 Å². The molecule has 1 amide bonds.